The molecular weight excluding hydrogens is 308 g/mol. The van der Waals surface area contributed by atoms with Crippen LogP contribution in [0.5, 0.6) is 0 Å². The average Bonchev–Trinajstić information content (AvgIpc) is 3.25. The summed E-state index contributed by atoms with van der Waals surface area (Å²) in [4.78, 5) is 12.6. The van der Waals surface area contributed by atoms with E-state index in [-0.39, 0.29) is 17.2 Å². The Kier molecular flexibility index (Phi) is 3.88. The van der Waals surface area contributed by atoms with Gasteiger partial charge in [-0.05, 0) is 42.7 Å². The van der Waals surface area contributed by atoms with Crippen molar-refractivity contribution in [2.24, 2.45) is 5.92 Å². The normalized spacial score (nSPS) is 20.6. The van der Waals surface area contributed by atoms with Crippen LogP contribution in [0.25, 0.3) is 0 Å². The van der Waals surface area contributed by atoms with Crippen molar-refractivity contribution in [2.45, 2.75) is 52.4 Å². The Labute approximate surface area is 142 Å². The third-order valence-corrected chi connectivity index (χ3v) is 5.27. The number of carbonyl (C=O) groups is 1. The minimum atomic E-state index is 0.0181. The van der Waals surface area contributed by atoms with Crippen molar-refractivity contribution in [1.82, 2.24) is 9.78 Å². The highest BCUT2D eigenvalue weighted by molar-refractivity contribution is 6.32. The lowest BCUT2D eigenvalue weighted by Gasteiger charge is -2.19. The molecule has 0 bridgehead atoms. The number of carbonyl (C=O) groups excluding carboxylic acids is 1. The first kappa shape index (κ1) is 16.3. The van der Waals surface area contributed by atoms with Crippen molar-refractivity contribution in [2.75, 3.05) is 0 Å². The number of hydrogen-bond acceptors (Lipinski definition) is 2. The predicted molar refractivity (Wildman–Crippen MR) is 93.3 cm³/mol. The number of aromatic nitrogens is 2. The molecule has 2 aromatic rings. The lowest BCUT2D eigenvalue weighted by molar-refractivity contribution is 0.0864. The van der Waals surface area contributed by atoms with Crippen molar-refractivity contribution in [1.29, 1.82) is 0 Å². The summed E-state index contributed by atoms with van der Waals surface area (Å²) in [6.45, 7) is 10.3. The van der Waals surface area contributed by atoms with Crippen LogP contribution in [0.3, 0.4) is 0 Å². The summed E-state index contributed by atoms with van der Waals surface area (Å²) in [5, 5.41) is 4.87. The van der Waals surface area contributed by atoms with E-state index >= 15 is 0 Å². The van der Waals surface area contributed by atoms with E-state index in [1.165, 1.54) is 15.8 Å². The monoisotopic (exact) mass is 330 g/mol. The molecule has 1 aliphatic rings. The molecule has 1 saturated carbocycles. The Bertz CT molecular complexity index is 753. The largest absolute Gasteiger partial charge is 0.272 e. The van der Waals surface area contributed by atoms with Gasteiger partial charge in [-0.2, -0.15) is 5.10 Å². The molecule has 0 N–H and O–H groups in total. The van der Waals surface area contributed by atoms with E-state index in [0.29, 0.717) is 16.6 Å². The molecule has 2 atom stereocenters. The fraction of sp³-hybridized carbons (Fsp3) is 0.474. The molecule has 1 aliphatic carbocycles. The maximum absolute atomic E-state index is 12.6. The van der Waals surface area contributed by atoms with Crippen molar-refractivity contribution in [3.8, 4) is 0 Å². The van der Waals surface area contributed by atoms with E-state index in [0.717, 1.165) is 12.1 Å². The molecule has 3 nitrogen and oxygen atoms in total. The third-order valence-electron chi connectivity index (χ3n) is 4.72. The van der Waals surface area contributed by atoms with E-state index in [9.17, 15) is 4.79 Å². The fourth-order valence-corrected chi connectivity index (χ4v) is 3.18. The van der Waals surface area contributed by atoms with E-state index in [4.69, 9.17) is 11.6 Å². The molecule has 0 spiro atoms. The number of nitrogens with zero attached hydrogens (tertiary/aromatic N) is 2. The van der Waals surface area contributed by atoms with Crippen molar-refractivity contribution < 1.29 is 4.79 Å². The topological polar surface area (TPSA) is 34.9 Å². The molecule has 1 aromatic carbocycles. The van der Waals surface area contributed by atoms with Crippen LogP contribution in [0, 0.1) is 19.8 Å². The Morgan fingerprint density at radius 1 is 1.22 bits per heavy atom. The van der Waals surface area contributed by atoms with Crippen molar-refractivity contribution in [3.63, 3.8) is 0 Å². The smallest absolute Gasteiger partial charge is 0.250 e. The maximum Gasteiger partial charge on any atom is 0.250 e. The lowest BCUT2D eigenvalue weighted by atomic mass is 9.86. The van der Waals surface area contributed by atoms with Crippen LogP contribution in [0.2, 0.25) is 5.02 Å². The van der Waals surface area contributed by atoms with Crippen LogP contribution in [-0.4, -0.2) is 15.7 Å². The highest BCUT2D eigenvalue weighted by Gasteiger charge is 2.45. The molecule has 0 radical (unpaired) electrons. The van der Waals surface area contributed by atoms with Gasteiger partial charge in [0.05, 0.1) is 16.4 Å². The standard InChI is InChI=1S/C19H23ClN2O/c1-11-17(20)12(2)22(21-11)18(23)16-10-15(16)13-6-8-14(9-7-13)19(3,4)5/h6-9,15-16H,10H2,1-5H3. The van der Waals surface area contributed by atoms with Crippen LogP contribution < -0.4 is 0 Å². The minimum Gasteiger partial charge on any atom is -0.272 e. The first-order valence-electron chi connectivity index (χ1n) is 8.06. The van der Waals surface area contributed by atoms with Crippen LogP contribution in [0.15, 0.2) is 24.3 Å². The molecule has 1 heterocycles. The summed E-state index contributed by atoms with van der Waals surface area (Å²) < 4.78 is 1.48. The zero-order valence-corrected chi connectivity index (χ0v) is 15.1. The number of halogens is 1. The van der Waals surface area contributed by atoms with Gasteiger partial charge in [0, 0.05) is 5.92 Å². The van der Waals surface area contributed by atoms with Crippen LogP contribution >= 0.6 is 11.6 Å². The molecule has 1 aromatic heterocycles. The van der Waals surface area contributed by atoms with E-state index < -0.39 is 0 Å². The second-order valence-electron chi connectivity index (χ2n) is 7.56. The third kappa shape index (κ3) is 2.94. The van der Waals surface area contributed by atoms with E-state index in [2.05, 4.69) is 50.1 Å². The summed E-state index contributed by atoms with van der Waals surface area (Å²) in [6.07, 6.45) is 0.893. The van der Waals surface area contributed by atoms with Gasteiger partial charge in [0.2, 0.25) is 0 Å². The summed E-state index contributed by atoms with van der Waals surface area (Å²) in [6, 6.07) is 8.67. The van der Waals surface area contributed by atoms with Gasteiger partial charge in [0.15, 0.2) is 0 Å². The Hall–Kier alpha value is -1.61. The Morgan fingerprint density at radius 3 is 2.30 bits per heavy atom. The van der Waals surface area contributed by atoms with Gasteiger partial charge in [-0.3, -0.25) is 4.79 Å². The Balaban J connectivity index is 1.76. The molecular formula is C19H23ClN2O. The molecule has 0 saturated heterocycles. The van der Waals surface area contributed by atoms with Crippen molar-refractivity contribution in [3.05, 3.63) is 51.8 Å². The maximum atomic E-state index is 12.6. The first-order valence-corrected chi connectivity index (χ1v) is 8.44. The highest BCUT2D eigenvalue weighted by atomic mass is 35.5. The molecule has 23 heavy (non-hydrogen) atoms. The van der Waals surface area contributed by atoms with Crippen LogP contribution in [0.4, 0.5) is 0 Å². The molecule has 1 fully saturated rings. The number of rotatable bonds is 2. The number of hydrogen-bond donors (Lipinski definition) is 0. The lowest BCUT2D eigenvalue weighted by Crippen LogP contribution is -2.17. The second-order valence-corrected chi connectivity index (χ2v) is 7.93. The molecule has 0 aliphatic heterocycles. The summed E-state index contributed by atoms with van der Waals surface area (Å²) in [5.41, 5.74) is 4.16. The zero-order valence-electron chi connectivity index (χ0n) is 14.4. The van der Waals surface area contributed by atoms with Crippen molar-refractivity contribution >= 4 is 17.5 Å². The zero-order chi connectivity index (χ0) is 16.9. The number of benzene rings is 1. The summed E-state index contributed by atoms with van der Waals surface area (Å²) in [5.74, 6) is 0.381. The van der Waals surface area contributed by atoms with Gasteiger partial charge < -0.3 is 0 Å². The molecule has 0 amide bonds. The van der Waals surface area contributed by atoms with Gasteiger partial charge in [0.25, 0.3) is 5.91 Å². The van der Waals surface area contributed by atoms with Gasteiger partial charge in [-0.15, -0.1) is 0 Å². The molecule has 122 valence electrons. The van der Waals surface area contributed by atoms with Gasteiger partial charge in [-0.25, -0.2) is 4.68 Å². The van der Waals surface area contributed by atoms with E-state index in [1.807, 2.05) is 13.8 Å². The van der Waals surface area contributed by atoms with Gasteiger partial charge in [0.1, 0.15) is 0 Å². The average molecular weight is 331 g/mol. The molecule has 4 heteroatoms. The molecule has 2 unspecified atom stereocenters. The van der Waals surface area contributed by atoms with Gasteiger partial charge in [-0.1, -0.05) is 56.6 Å². The highest BCUT2D eigenvalue weighted by Crippen LogP contribution is 2.48. The Morgan fingerprint density at radius 2 is 1.83 bits per heavy atom. The first-order chi connectivity index (χ1) is 10.7. The quantitative estimate of drug-likeness (QED) is 0.785. The predicted octanol–water partition coefficient (Wildman–Crippen LogP) is 4.89. The van der Waals surface area contributed by atoms with Gasteiger partial charge >= 0.3 is 0 Å². The number of aryl methyl sites for hydroxylation is 1. The summed E-state index contributed by atoms with van der Waals surface area (Å²) >= 11 is 6.15. The fourth-order valence-electron chi connectivity index (χ4n) is 3.06. The summed E-state index contributed by atoms with van der Waals surface area (Å²) in [7, 11) is 0. The van der Waals surface area contributed by atoms with Crippen LogP contribution in [-0.2, 0) is 5.41 Å². The molecule has 3 rings (SSSR count). The second kappa shape index (κ2) is 5.48. The SMILES string of the molecule is Cc1nn(C(=O)C2CC2c2ccc(C(C)(C)C)cc2)c(C)c1Cl. The van der Waals surface area contributed by atoms with E-state index in [1.54, 1.807) is 0 Å². The van der Waals surface area contributed by atoms with Crippen LogP contribution in [0.1, 0.15) is 60.4 Å². The minimum absolute atomic E-state index is 0.0181.